The Morgan fingerprint density at radius 1 is 1.18 bits per heavy atom. The fourth-order valence-electron chi connectivity index (χ4n) is 2.13. The van der Waals surface area contributed by atoms with Crippen LogP contribution in [0.1, 0.15) is 37.7 Å². The molecule has 2 rings (SSSR count). The van der Waals surface area contributed by atoms with Crippen molar-refractivity contribution in [2.75, 3.05) is 0 Å². The van der Waals surface area contributed by atoms with Crippen LogP contribution in [0.15, 0.2) is 16.6 Å². The van der Waals surface area contributed by atoms with Crippen molar-refractivity contribution in [3.63, 3.8) is 0 Å². The SMILES string of the molecule is Fc1ccc(Br)c(F)c1COC1CCCCC1. The van der Waals surface area contributed by atoms with Crippen molar-refractivity contribution < 1.29 is 13.5 Å². The first kappa shape index (κ1) is 13.0. The van der Waals surface area contributed by atoms with Crippen molar-refractivity contribution in [3.05, 3.63) is 33.8 Å². The third-order valence-corrected chi connectivity index (χ3v) is 3.77. The second-order valence-electron chi connectivity index (χ2n) is 4.39. The minimum atomic E-state index is -0.555. The van der Waals surface area contributed by atoms with Crippen LogP contribution in [0, 0.1) is 11.6 Å². The van der Waals surface area contributed by atoms with Gasteiger partial charge in [-0.3, -0.25) is 0 Å². The zero-order chi connectivity index (χ0) is 12.3. The summed E-state index contributed by atoms with van der Waals surface area (Å²) in [6.45, 7) is 0.0156. The van der Waals surface area contributed by atoms with Crippen LogP contribution in [-0.4, -0.2) is 6.10 Å². The lowest BCUT2D eigenvalue weighted by Gasteiger charge is -2.22. The highest BCUT2D eigenvalue weighted by molar-refractivity contribution is 9.10. The summed E-state index contributed by atoms with van der Waals surface area (Å²) in [7, 11) is 0. The number of hydrogen-bond donors (Lipinski definition) is 0. The molecule has 94 valence electrons. The minimum Gasteiger partial charge on any atom is -0.373 e. The Morgan fingerprint density at radius 3 is 2.59 bits per heavy atom. The molecule has 0 N–H and O–H groups in total. The lowest BCUT2D eigenvalue weighted by molar-refractivity contribution is 0.0142. The van der Waals surface area contributed by atoms with Crippen LogP contribution in [0.2, 0.25) is 0 Å². The average Bonchev–Trinajstić information content (AvgIpc) is 2.35. The lowest BCUT2D eigenvalue weighted by atomic mass is 9.98. The smallest absolute Gasteiger partial charge is 0.145 e. The van der Waals surface area contributed by atoms with E-state index in [1.807, 2.05) is 0 Å². The van der Waals surface area contributed by atoms with Gasteiger partial charge in [-0.15, -0.1) is 0 Å². The molecule has 1 nitrogen and oxygen atoms in total. The van der Waals surface area contributed by atoms with Crippen molar-refractivity contribution in [2.24, 2.45) is 0 Å². The largest absolute Gasteiger partial charge is 0.373 e. The van der Waals surface area contributed by atoms with E-state index in [4.69, 9.17) is 4.74 Å². The lowest BCUT2D eigenvalue weighted by Crippen LogP contribution is -2.17. The summed E-state index contributed by atoms with van der Waals surface area (Å²) in [5.74, 6) is -1.10. The molecule has 0 saturated heterocycles. The van der Waals surface area contributed by atoms with Crippen LogP contribution in [0.4, 0.5) is 8.78 Å². The third kappa shape index (κ3) is 3.26. The summed E-state index contributed by atoms with van der Waals surface area (Å²) >= 11 is 3.05. The van der Waals surface area contributed by atoms with Crippen LogP contribution in [0.25, 0.3) is 0 Å². The molecule has 0 unspecified atom stereocenters. The average molecular weight is 305 g/mol. The van der Waals surface area contributed by atoms with Gasteiger partial charge in [-0.25, -0.2) is 8.78 Å². The molecule has 1 aromatic rings. The fourth-order valence-corrected chi connectivity index (χ4v) is 2.51. The van der Waals surface area contributed by atoms with Crippen LogP contribution < -0.4 is 0 Å². The quantitative estimate of drug-likeness (QED) is 0.743. The van der Waals surface area contributed by atoms with E-state index in [2.05, 4.69) is 15.9 Å². The van der Waals surface area contributed by atoms with E-state index in [9.17, 15) is 8.78 Å². The molecule has 1 aliphatic carbocycles. The second-order valence-corrected chi connectivity index (χ2v) is 5.25. The summed E-state index contributed by atoms with van der Waals surface area (Å²) in [5.41, 5.74) is 0.0185. The Bertz CT molecular complexity index is 389. The highest BCUT2D eigenvalue weighted by Crippen LogP contribution is 2.25. The number of hydrogen-bond acceptors (Lipinski definition) is 1. The van der Waals surface area contributed by atoms with Crippen molar-refractivity contribution in [1.82, 2.24) is 0 Å². The molecule has 1 aromatic carbocycles. The molecule has 0 aliphatic heterocycles. The molecule has 4 heteroatoms. The van der Waals surface area contributed by atoms with E-state index in [0.717, 1.165) is 25.7 Å². The van der Waals surface area contributed by atoms with Gasteiger partial charge in [0.05, 0.1) is 22.7 Å². The molecular formula is C13H15BrF2O. The summed E-state index contributed by atoms with van der Waals surface area (Å²) in [6, 6.07) is 2.63. The van der Waals surface area contributed by atoms with Crippen molar-refractivity contribution in [2.45, 2.75) is 44.8 Å². The van der Waals surface area contributed by atoms with E-state index in [-0.39, 0.29) is 22.7 Å². The van der Waals surface area contributed by atoms with Gasteiger partial charge in [-0.2, -0.15) is 0 Å². The van der Waals surface area contributed by atoms with E-state index in [1.54, 1.807) is 0 Å². The summed E-state index contributed by atoms with van der Waals surface area (Å²) in [6.07, 6.45) is 5.68. The van der Waals surface area contributed by atoms with Crippen LogP contribution in [0.5, 0.6) is 0 Å². The molecule has 1 fully saturated rings. The monoisotopic (exact) mass is 304 g/mol. The molecule has 0 bridgehead atoms. The van der Waals surface area contributed by atoms with Gasteiger partial charge in [0, 0.05) is 0 Å². The van der Waals surface area contributed by atoms with Crippen molar-refractivity contribution in [3.8, 4) is 0 Å². The molecular weight excluding hydrogens is 290 g/mol. The molecule has 17 heavy (non-hydrogen) atoms. The van der Waals surface area contributed by atoms with Gasteiger partial charge < -0.3 is 4.74 Å². The molecule has 0 radical (unpaired) electrons. The molecule has 0 aromatic heterocycles. The van der Waals surface area contributed by atoms with Gasteiger partial charge in [-0.1, -0.05) is 19.3 Å². The van der Waals surface area contributed by atoms with Crippen LogP contribution in [-0.2, 0) is 11.3 Å². The normalized spacial score (nSPS) is 17.4. The fraction of sp³-hybridized carbons (Fsp3) is 0.538. The van der Waals surface area contributed by atoms with Gasteiger partial charge in [0.25, 0.3) is 0 Å². The number of benzene rings is 1. The van der Waals surface area contributed by atoms with Gasteiger partial charge in [0.2, 0.25) is 0 Å². The Labute approximate surface area is 108 Å². The Kier molecular flexibility index (Phi) is 4.51. The highest BCUT2D eigenvalue weighted by Gasteiger charge is 2.17. The molecule has 1 aliphatic rings. The number of ether oxygens (including phenoxy) is 1. The number of rotatable bonds is 3. The van der Waals surface area contributed by atoms with Crippen molar-refractivity contribution >= 4 is 15.9 Å². The topological polar surface area (TPSA) is 9.23 Å². The molecule has 0 spiro atoms. The highest BCUT2D eigenvalue weighted by atomic mass is 79.9. The molecule has 1 saturated carbocycles. The van der Waals surface area contributed by atoms with Crippen LogP contribution >= 0.6 is 15.9 Å². The number of halogens is 3. The Balaban J connectivity index is 2.00. The van der Waals surface area contributed by atoms with Crippen LogP contribution in [0.3, 0.4) is 0 Å². The summed E-state index contributed by atoms with van der Waals surface area (Å²) < 4.78 is 33.0. The predicted octanol–water partition coefficient (Wildman–Crippen LogP) is 4.58. The molecule has 0 heterocycles. The van der Waals surface area contributed by atoms with Crippen molar-refractivity contribution in [1.29, 1.82) is 0 Å². The first-order valence-corrected chi connectivity index (χ1v) is 6.72. The maximum absolute atomic E-state index is 13.6. The Morgan fingerprint density at radius 2 is 1.88 bits per heavy atom. The van der Waals surface area contributed by atoms with E-state index in [1.165, 1.54) is 18.6 Å². The zero-order valence-corrected chi connectivity index (χ0v) is 11.1. The standard InChI is InChI=1S/C13H15BrF2O/c14-11-6-7-12(15)10(13(11)16)8-17-9-4-2-1-3-5-9/h6-7,9H,1-5,8H2. The van der Waals surface area contributed by atoms with E-state index >= 15 is 0 Å². The first-order valence-electron chi connectivity index (χ1n) is 5.92. The van der Waals surface area contributed by atoms with Gasteiger partial charge in [0.1, 0.15) is 11.6 Å². The second kappa shape index (κ2) is 5.91. The minimum absolute atomic E-state index is 0.0156. The zero-order valence-electron chi connectivity index (χ0n) is 9.52. The Hall–Kier alpha value is -0.480. The first-order chi connectivity index (χ1) is 8.18. The van der Waals surface area contributed by atoms with Gasteiger partial charge >= 0.3 is 0 Å². The van der Waals surface area contributed by atoms with Gasteiger partial charge in [0.15, 0.2) is 0 Å². The maximum atomic E-state index is 13.6. The molecule has 0 amide bonds. The van der Waals surface area contributed by atoms with E-state index in [0.29, 0.717) is 0 Å². The molecule has 0 atom stereocenters. The van der Waals surface area contributed by atoms with E-state index < -0.39 is 11.6 Å². The predicted molar refractivity (Wildman–Crippen MR) is 65.7 cm³/mol. The summed E-state index contributed by atoms with van der Waals surface area (Å²) in [4.78, 5) is 0. The van der Waals surface area contributed by atoms with Gasteiger partial charge in [-0.05, 0) is 40.9 Å². The summed E-state index contributed by atoms with van der Waals surface area (Å²) in [5, 5.41) is 0. The maximum Gasteiger partial charge on any atom is 0.145 e. The third-order valence-electron chi connectivity index (χ3n) is 3.15.